The maximum Gasteiger partial charge on any atom is 0.240 e. The number of amides is 2. The van der Waals surface area contributed by atoms with Gasteiger partial charge in [-0.1, -0.05) is 43.7 Å². The van der Waals surface area contributed by atoms with E-state index in [1.165, 1.54) is 5.57 Å². The number of carbonyl (C=O) groups is 2. The van der Waals surface area contributed by atoms with Crippen LogP contribution >= 0.6 is 0 Å². The number of allylic oxidation sites excluding steroid dienone is 2. The predicted octanol–water partition coefficient (Wildman–Crippen LogP) is 2.67. The summed E-state index contributed by atoms with van der Waals surface area (Å²) in [5.41, 5.74) is 8.55. The van der Waals surface area contributed by atoms with E-state index in [1.54, 1.807) is 4.90 Å². The lowest BCUT2D eigenvalue weighted by Crippen LogP contribution is -2.47. The molecule has 1 aromatic rings. The van der Waals surface area contributed by atoms with E-state index in [4.69, 9.17) is 5.73 Å². The highest BCUT2D eigenvalue weighted by molar-refractivity contribution is 6.05. The standard InChI is InChI=1S/C19H24N2O2/c1-11(2)9-13-16(19(13,3)4)18(23)21-14-8-6-5-7-12(14)10-15(21)17(20)22/h5-9,13,15-16H,10H2,1-4H3,(H2,20,22)/t13?,15-,16?/m0/s1. The number of carbonyl (C=O) groups excluding carboxylic acids is 2. The van der Waals surface area contributed by atoms with Crippen LogP contribution in [0.3, 0.4) is 0 Å². The fourth-order valence-electron chi connectivity index (χ4n) is 3.86. The van der Waals surface area contributed by atoms with Crippen LogP contribution in [0.25, 0.3) is 0 Å². The molecule has 0 bridgehead atoms. The van der Waals surface area contributed by atoms with Gasteiger partial charge in [0.1, 0.15) is 6.04 Å². The Hall–Kier alpha value is -2.10. The molecule has 2 amide bonds. The van der Waals surface area contributed by atoms with Gasteiger partial charge in [0.15, 0.2) is 0 Å². The average Bonchev–Trinajstić information content (AvgIpc) is 2.83. The molecule has 2 N–H and O–H groups in total. The number of anilines is 1. The summed E-state index contributed by atoms with van der Waals surface area (Å²) in [5.74, 6) is -0.287. The summed E-state index contributed by atoms with van der Waals surface area (Å²) in [7, 11) is 0. The van der Waals surface area contributed by atoms with Crippen molar-refractivity contribution in [3.8, 4) is 0 Å². The first-order valence-corrected chi connectivity index (χ1v) is 8.10. The number of hydrogen-bond acceptors (Lipinski definition) is 2. The maximum atomic E-state index is 13.2. The van der Waals surface area contributed by atoms with Crippen LogP contribution in [0, 0.1) is 17.3 Å². The molecule has 1 aliphatic heterocycles. The molecular weight excluding hydrogens is 288 g/mol. The number of benzene rings is 1. The van der Waals surface area contributed by atoms with Crippen LogP contribution in [0.2, 0.25) is 0 Å². The smallest absolute Gasteiger partial charge is 0.240 e. The lowest BCUT2D eigenvalue weighted by molar-refractivity contribution is -0.125. The van der Waals surface area contributed by atoms with E-state index >= 15 is 0 Å². The second-order valence-corrected chi connectivity index (χ2v) is 7.53. The van der Waals surface area contributed by atoms with Crippen molar-refractivity contribution in [1.29, 1.82) is 0 Å². The summed E-state index contributed by atoms with van der Waals surface area (Å²) < 4.78 is 0. The number of para-hydroxylation sites is 1. The zero-order valence-electron chi connectivity index (χ0n) is 14.2. The van der Waals surface area contributed by atoms with Gasteiger partial charge in [0.05, 0.1) is 5.92 Å². The first-order chi connectivity index (χ1) is 10.7. The topological polar surface area (TPSA) is 63.4 Å². The quantitative estimate of drug-likeness (QED) is 0.872. The Labute approximate surface area is 137 Å². The van der Waals surface area contributed by atoms with Crippen molar-refractivity contribution < 1.29 is 9.59 Å². The molecule has 4 heteroatoms. The molecule has 3 atom stereocenters. The molecule has 0 radical (unpaired) electrons. The molecule has 23 heavy (non-hydrogen) atoms. The first kappa shape index (κ1) is 15.8. The van der Waals surface area contributed by atoms with Gasteiger partial charge in [0.25, 0.3) is 0 Å². The molecule has 2 unspecified atom stereocenters. The van der Waals surface area contributed by atoms with Crippen molar-refractivity contribution in [2.45, 2.75) is 40.2 Å². The second-order valence-electron chi connectivity index (χ2n) is 7.53. The van der Waals surface area contributed by atoms with E-state index in [0.717, 1.165) is 11.3 Å². The molecule has 1 aromatic carbocycles. The fourth-order valence-corrected chi connectivity index (χ4v) is 3.86. The Morgan fingerprint density at radius 3 is 2.52 bits per heavy atom. The van der Waals surface area contributed by atoms with Gasteiger partial charge in [-0.3, -0.25) is 14.5 Å². The Bertz CT molecular complexity index is 701. The van der Waals surface area contributed by atoms with Crippen LogP contribution < -0.4 is 10.6 Å². The number of hydrogen-bond donors (Lipinski definition) is 1. The van der Waals surface area contributed by atoms with E-state index in [9.17, 15) is 9.59 Å². The monoisotopic (exact) mass is 312 g/mol. The van der Waals surface area contributed by atoms with Crippen molar-refractivity contribution in [3.05, 3.63) is 41.5 Å². The minimum atomic E-state index is -0.566. The van der Waals surface area contributed by atoms with Gasteiger partial charge in [0, 0.05) is 12.1 Å². The summed E-state index contributed by atoms with van der Waals surface area (Å²) in [6.45, 7) is 8.32. The van der Waals surface area contributed by atoms with Crippen molar-refractivity contribution >= 4 is 17.5 Å². The van der Waals surface area contributed by atoms with E-state index in [2.05, 4.69) is 19.9 Å². The normalized spacial score (nSPS) is 27.3. The number of nitrogens with two attached hydrogens (primary N) is 1. The van der Waals surface area contributed by atoms with E-state index in [1.807, 2.05) is 38.1 Å². The van der Waals surface area contributed by atoms with Crippen LogP contribution in [0.4, 0.5) is 5.69 Å². The van der Waals surface area contributed by atoms with Crippen LogP contribution in [0.5, 0.6) is 0 Å². The lowest BCUT2D eigenvalue weighted by atomic mass is 10.1. The third kappa shape index (κ3) is 2.46. The second kappa shape index (κ2) is 5.22. The van der Waals surface area contributed by atoms with E-state index in [0.29, 0.717) is 6.42 Å². The van der Waals surface area contributed by atoms with Crippen LogP contribution in [0.1, 0.15) is 33.3 Å². The molecule has 1 heterocycles. The molecule has 0 aromatic heterocycles. The first-order valence-electron chi connectivity index (χ1n) is 8.10. The van der Waals surface area contributed by atoms with Crippen molar-refractivity contribution in [2.75, 3.05) is 4.90 Å². The highest BCUT2D eigenvalue weighted by Gasteiger charge is 2.62. The summed E-state index contributed by atoms with van der Waals surface area (Å²) in [6.07, 6.45) is 2.68. The average molecular weight is 312 g/mol. The lowest BCUT2D eigenvalue weighted by Gasteiger charge is -2.24. The number of rotatable bonds is 3. The van der Waals surface area contributed by atoms with Gasteiger partial charge < -0.3 is 5.73 Å². The highest BCUT2D eigenvalue weighted by Crippen LogP contribution is 2.60. The summed E-state index contributed by atoms with van der Waals surface area (Å²) in [5, 5.41) is 0. The fraction of sp³-hybridized carbons (Fsp3) is 0.474. The predicted molar refractivity (Wildman–Crippen MR) is 90.8 cm³/mol. The van der Waals surface area contributed by atoms with Gasteiger partial charge >= 0.3 is 0 Å². The molecule has 2 aliphatic rings. The maximum absolute atomic E-state index is 13.2. The van der Waals surface area contributed by atoms with Gasteiger partial charge in [0.2, 0.25) is 11.8 Å². The van der Waals surface area contributed by atoms with Gasteiger partial charge in [-0.2, -0.15) is 0 Å². The molecular formula is C19H24N2O2. The van der Waals surface area contributed by atoms with Gasteiger partial charge in [-0.05, 0) is 36.8 Å². The van der Waals surface area contributed by atoms with Gasteiger partial charge in [-0.25, -0.2) is 0 Å². The Balaban J connectivity index is 1.95. The summed E-state index contributed by atoms with van der Waals surface area (Å²) in [4.78, 5) is 26.7. The molecule has 4 nitrogen and oxygen atoms in total. The molecule has 122 valence electrons. The molecule has 1 fully saturated rings. The zero-order chi connectivity index (χ0) is 16.9. The van der Waals surface area contributed by atoms with E-state index < -0.39 is 11.9 Å². The Morgan fingerprint density at radius 1 is 1.26 bits per heavy atom. The summed E-state index contributed by atoms with van der Waals surface area (Å²) in [6, 6.07) is 7.13. The van der Waals surface area contributed by atoms with Crippen molar-refractivity contribution in [3.63, 3.8) is 0 Å². The van der Waals surface area contributed by atoms with Crippen LogP contribution in [-0.2, 0) is 16.0 Å². The third-order valence-electron chi connectivity index (χ3n) is 5.23. The molecule has 1 aliphatic carbocycles. The van der Waals surface area contributed by atoms with Crippen molar-refractivity contribution in [2.24, 2.45) is 23.0 Å². The SMILES string of the molecule is CC(C)=CC1C(C(=O)N2c3ccccc3C[C@H]2C(N)=O)C1(C)C. The third-order valence-corrected chi connectivity index (χ3v) is 5.23. The summed E-state index contributed by atoms with van der Waals surface area (Å²) >= 11 is 0. The van der Waals surface area contributed by atoms with E-state index in [-0.39, 0.29) is 23.2 Å². The largest absolute Gasteiger partial charge is 0.368 e. The molecule has 0 spiro atoms. The minimum absolute atomic E-state index is 0.0197. The molecule has 0 saturated heterocycles. The minimum Gasteiger partial charge on any atom is -0.368 e. The van der Waals surface area contributed by atoms with Crippen LogP contribution in [-0.4, -0.2) is 17.9 Å². The van der Waals surface area contributed by atoms with Crippen LogP contribution in [0.15, 0.2) is 35.9 Å². The Kier molecular flexibility index (Phi) is 3.58. The number of primary amides is 1. The van der Waals surface area contributed by atoms with Gasteiger partial charge in [-0.15, -0.1) is 0 Å². The highest BCUT2D eigenvalue weighted by atomic mass is 16.2. The number of fused-ring (bicyclic) bond motifs is 1. The number of nitrogens with zero attached hydrogens (tertiary/aromatic N) is 1. The molecule has 1 saturated carbocycles. The van der Waals surface area contributed by atoms with Crippen molar-refractivity contribution in [1.82, 2.24) is 0 Å². The molecule has 3 rings (SSSR count). The zero-order valence-corrected chi connectivity index (χ0v) is 14.2. The Morgan fingerprint density at radius 2 is 1.91 bits per heavy atom.